The van der Waals surface area contributed by atoms with Crippen molar-refractivity contribution in [1.29, 1.82) is 0 Å². The number of nitrogens with one attached hydrogen (secondary N) is 1. The van der Waals surface area contributed by atoms with E-state index in [-0.39, 0.29) is 6.10 Å². The van der Waals surface area contributed by atoms with Gasteiger partial charge in [-0.3, -0.25) is 0 Å². The summed E-state index contributed by atoms with van der Waals surface area (Å²) in [6.45, 7) is 3.17. The molecule has 2 heterocycles. The van der Waals surface area contributed by atoms with Gasteiger partial charge in [0.2, 0.25) is 0 Å². The zero-order valence-electron chi connectivity index (χ0n) is 9.25. The SMILES string of the molecule is CC1CCCc2[nH]c(C3CCCO3)nc21. The van der Waals surface area contributed by atoms with Gasteiger partial charge in [-0.2, -0.15) is 0 Å². The third-order valence-corrected chi connectivity index (χ3v) is 3.59. The lowest BCUT2D eigenvalue weighted by Gasteiger charge is -2.15. The van der Waals surface area contributed by atoms with Crippen molar-refractivity contribution < 1.29 is 4.74 Å². The fourth-order valence-electron chi connectivity index (χ4n) is 2.71. The smallest absolute Gasteiger partial charge is 0.135 e. The first kappa shape index (κ1) is 9.40. The summed E-state index contributed by atoms with van der Waals surface area (Å²) in [5.41, 5.74) is 2.66. The molecule has 0 bridgehead atoms. The van der Waals surface area contributed by atoms with Crippen molar-refractivity contribution in [2.24, 2.45) is 0 Å². The third kappa shape index (κ3) is 1.59. The molecule has 3 rings (SSSR count). The van der Waals surface area contributed by atoms with E-state index in [0.29, 0.717) is 5.92 Å². The fourth-order valence-corrected chi connectivity index (χ4v) is 2.71. The van der Waals surface area contributed by atoms with E-state index in [1.807, 2.05) is 0 Å². The van der Waals surface area contributed by atoms with Gasteiger partial charge in [-0.15, -0.1) is 0 Å². The maximum Gasteiger partial charge on any atom is 0.135 e. The molecule has 2 unspecified atom stereocenters. The number of hydrogen-bond donors (Lipinski definition) is 1. The van der Waals surface area contributed by atoms with Crippen LogP contribution in [0.1, 0.15) is 61.8 Å². The van der Waals surface area contributed by atoms with Crippen LogP contribution >= 0.6 is 0 Å². The van der Waals surface area contributed by atoms with Crippen LogP contribution in [0.25, 0.3) is 0 Å². The minimum Gasteiger partial charge on any atom is -0.370 e. The van der Waals surface area contributed by atoms with Crippen molar-refractivity contribution >= 4 is 0 Å². The second-order valence-corrected chi connectivity index (χ2v) is 4.78. The van der Waals surface area contributed by atoms with Crippen molar-refractivity contribution in [1.82, 2.24) is 9.97 Å². The van der Waals surface area contributed by atoms with Crippen LogP contribution in [0.4, 0.5) is 0 Å². The lowest BCUT2D eigenvalue weighted by molar-refractivity contribution is 0.105. The third-order valence-electron chi connectivity index (χ3n) is 3.59. The number of hydrogen-bond acceptors (Lipinski definition) is 2. The second kappa shape index (κ2) is 3.63. The van der Waals surface area contributed by atoms with Crippen LogP contribution in [0.5, 0.6) is 0 Å². The molecule has 2 atom stereocenters. The number of rotatable bonds is 1. The summed E-state index contributed by atoms with van der Waals surface area (Å²) in [6, 6.07) is 0. The molecule has 82 valence electrons. The first-order valence-corrected chi connectivity index (χ1v) is 6.05. The van der Waals surface area contributed by atoms with E-state index in [9.17, 15) is 0 Å². The highest BCUT2D eigenvalue weighted by Gasteiger charge is 2.26. The molecule has 0 amide bonds. The Morgan fingerprint density at radius 1 is 1.33 bits per heavy atom. The van der Waals surface area contributed by atoms with E-state index < -0.39 is 0 Å². The van der Waals surface area contributed by atoms with Gasteiger partial charge in [0.1, 0.15) is 11.9 Å². The van der Waals surface area contributed by atoms with Crippen molar-refractivity contribution in [3.63, 3.8) is 0 Å². The Hall–Kier alpha value is -0.830. The van der Waals surface area contributed by atoms with E-state index in [1.54, 1.807) is 0 Å². The van der Waals surface area contributed by atoms with Crippen LogP contribution in [0, 0.1) is 0 Å². The maximum absolute atomic E-state index is 5.66. The predicted octanol–water partition coefficient (Wildman–Crippen LogP) is 2.70. The number of aromatic amines is 1. The molecule has 3 heteroatoms. The normalized spacial score (nSPS) is 30.5. The number of nitrogens with zero attached hydrogens (tertiary/aromatic N) is 1. The average Bonchev–Trinajstić information content (AvgIpc) is 2.86. The molecule has 1 aliphatic carbocycles. The van der Waals surface area contributed by atoms with Crippen LogP contribution in [0.15, 0.2) is 0 Å². The van der Waals surface area contributed by atoms with Crippen molar-refractivity contribution in [2.75, 3.05) is 6.61 Å². The Labute approximate surface area is 90.2 Å². The van der Waals surface area contributed by atoms with Crippen molar-refractivity contribution in [3.05, 3.63) is 17.2 Å². The molecule has 1 aromatic rings. The lowest BCUT2D eigenvalue weighted by atomic mass is 9.92. The van der Waals surface area contributed by atoms with Gasteiger partial charge in [0, 0.05) is 18.2 Å². The van der Waals surface area contributed by atoms with E-state index in [2.05, 4.69) is 11.9 Å². The molecular weight excluding hydrogens is 188 g/mol. The number of imidazole rings is 1. The topological polar surface area (TPSA) is 37.9 Å². The summed E-state index contributed by atoms with van der Waals surface area (Å²) in [5, 5.41) is 0. The first-order chi connectivity index (χ1) is 7.34. The summed E-state index contributed by atoms with van der Waals surface area (Å²) in [4.78, 5) is 8.20. The van der Waals surface area contributed by atoms with E-state index >= 15 is 0 Å². The molecule has 0 saturated carbocycles. The van der Waals surface area contributed by atoms with E-state index in [1.165, 1.54) is 37.1 Å². The fraction of sp³-hybridized carbons (Fsp3) is 0.750. The molecule has 2 aliphatic rings. The van der Waals surface area contributed by atoms with Crippen molar-refractivity contribution in [3.8, 4) is 0 Å². The molecule has 1 N–H and O–H groups in total. The molecule has 1 aliphatic heterocycles. The van der Waals surface area contributed by atoms with Crippen LogP contribution in [-0.2, 0) is 11.2 Å². The summed E-state index contributed by atoms with van der Waals surface area (Å²) >= 11 is 0. The van der Waals surface area contributed by atoms with Gasteiger partial charge >= 0.3 is 0 Å². The molecule has 0 spiro atoms. The number of ether oxygens (including phenoxy) is 1. The summed E-state index contributed by atoms with van der Waals surface area (Å²) in [6.07, 6.45) is 6.28. The van der Waals surface area contributed by atoms with Crippen LogP contribution < -0.4 is 0 Å². The molecule has 1 saturated heterocycles. The first-order valence-electron chi connectivity index (χ1n) is 6.05. The Morgan fingerprint density at radius 3 is 3.00 bits per heavy atom. The van der Waals surface area contributed by atoms with Crippen LogP contribution in [0.2, 0.25) is 0 Å². The number of H-pyrrole nitrogens is 1. The Bertz CT molecular complexity index is 353. The van der Waals surface area contributed by atoms with Gasteiger partial charge in [-0.05, 0) is 32.1 Å². The summed E-state index contributed by atoms with van der Waals surface area (Å²) in [5.74, 6) is 1.70. The molecule has 15 heavy (non-hydrogen) atoms. The van der Waals surface area contributed by atoms with E-state index in [0.717, 1.165) is 18.9 Å². The zero-order valence-corrected chi connectivity index (χ0v) is 9.25. The zero-order chi connectivity index (χ0) is 10.3. The highest BCUT2D eigenvalue weighted by molar-refractivity contribution is 5.22. The second-order valence-electron chi connectivity index (χ2n) is 4.78. The Kier molecular flexibility index (Phi) is 2.28. The molecular formula is C12H18N2O. The quantitative estimate of drug-likeness (QED) is 0.767. The molecule has 0 aromatic carbocycles. The Morgan fingerprint density at radius 2 is 2.27 bits per heavy atom. The van der Waals surface area contributed by atoms with Gasteiger partial charge in [0.25, 0.3) is 0 Å². The minimum atomic E-state index is 0.239. The van der Waals surface area contributed by atoms with Gasteiger partial charge in [-0.25, -0.2) is 4.98 Å². The molecule has 1 aromatic heterocycles. The average molecular weight is 206 g/mol. The maximum atomic E-state index is 5.66. The minimum absolute atomic E-state index is 0.239. The van der Waals surface area contributed by atoms with Gasteiger partial charge < -0.3 is 9.72 Å². The van der Waals surface area contributed by atoms with Gasteiger partial charge in [0.05, 0.1) is 5.69 Å². The van der Waals surface area contributed by atoms with Gasteiger partial charge in [0.15, 0.2) is 0 Å². The lowest BCUT2D eigenvalue weighted by Crippen LogP contribution is -2.05. The number of aromatic nitrogens is 2. The van der Waals surface area contributed by atoms with Crippen LogP contribution in [0.3, 0.4) is 0 Å². The monoisotopic (exact) mass is 206 g/mol. The number of aryl methyl sites for hydroxylation is 1. The molecule has 3 nitrogen and oxygen atoms in total. The highest BCUT2D eigenvalue weighted by atomic mass is 16.5. The predicted molar refractivity (Wildman–Crippen MR) is 57.9 cm³/mol. The summed E-state index contributed by atoms with van der Waals surface area (Å²) in [7, 11) is 0. The molecule has 0 radical (unpaired) electrons. The van der Waals surface area contributed by atoms with Crippen LogP contribution in [-0.4, -0.2) is 16.6 Å². The van der Waals surface area contributed by atoms with E-state index in [4.69, 9.17) is 9.72 Å². The van der Waals surface area contributed by atoms with Crippen molar-refractivity contribution in [2.45, 2.75) is 51.0 Å². The Balaban J connectivity index is 1.90. The summed E-state index contributed by atoms with van der Waals surface area (Å²) < 4.78 is 5.66. The standard InChI is InChI=1S/C12H18N2O/c1-8-4-2-5-9-11(8)14-12(13-9)10-6-3-7-15-10/h8,10H,2-7H2,1H3,(H,13,14). The highest BCUT2D eigenvalue weighted by Crippen LogP contribution is 2.33. The number of fused-ring (bicyclic) bond motifs is 1. The molecule has 1 fully saturated rings. The van der Waals surface area contributed by atoms with Gasteiger partial charge in [-0.1, -0.05) is 6.92 Å². The largest absolute Gasteiger partial charge is 0.370 e.